The molecule has 1 aromatic heterocycles. The van der Waals surface area contributed by atoms with Crippen LogP contribution in [0.15, 0.2) is 59.8 Å². The number of hydrogen-bond donors (Lipinski definition) is 1. The van der Waals surface area contributed by atoms with Crippen molar-refractivity contribution < 1.29 is 13.2 Å². The SMILES string of the molecule is Cc1cncc(NS(=O)(=O)c2ccc(N3CCN(C(=O)[C@@H](C)N4CCCc5cc(Cl)ccc54)CC3)cc2)n1. The Morgan fingerprint density at radius 2 is 1.76 bits per heavy atom. The molecule has 2 aliphatic heterocycles. The standard InChI is InChI=1S/C27H31ClN6O3S/c1-19-17-29-18-26(30-19)31-38(36,37)24-8-6-23(7-9-24)32-12-14-33(15-13-32)27(35)20(2)34-11-3-4-21-16-22(28)5-10-25(21)34/h5-10,16-18,20H,3-4,11-15H2,1-2H3,(H,30,31)/t20-/m1/s1. The fraction of sp³-hybridized carbons (Fsp3) is 0.370. The van der Waals surface area contributed by atoms with Crippen molar-refractivity contribution >= 4 is 44.7 Å². The largest absolute Gasteiger partial charge is 0.368 e. The van der Waals surface area contributed by atoms with E-state index in [0.29, 0.717) is 31.9 Å². The Kier molecular flexibility index (Phi) is 7.45. The number of carbonyl (C=O) groups is 1. The van der Waals surface area contributed by atoms with Crippen LogP contribution in [0.3, 0.4) is 0 Å². The molecule has 3 heterocycles. The van der Waals surface area contributed by atoms with E-state index in [-0.39, 0.29) is 22.7 Å². The van der Waals surface area contributed by atoms with Gasteiger partial charge in [-0.15, -0.1) is 0 Å². The first-order valence-corrected chi connectivity index (χ1v) is 14.6. The van der Waals surface area contributed by atoms with Crippen LogP contribution in [-0.2, 0) is 21.2 Å². The number of piperazine rings is 1. The highest BCUT2D eigenvalue weighted by molar-refractivity contribution is 7.92. The zero-order valence-electron chi connectivity index (χ0n) is 21.5. The van der Waals surface area contributed by atoms with Gasteiger partial charge in [0.1, 0.15) is 6.04 Å². The quantitative estimate of drug-likeness (QED) is 0.495. The lowest BCUT2D eigenvalue weighted by Crippen LogP contribution is -2.55. The van der Waals surface area contributed by atoms with Gasteiger partial charge in [-0.2, -0.15) is 0 Å². The van der Waals surface area contributed by atoms with Gasteiger partial charge >= 0.3 is 0 Å². The molecule has 5 rings (SSSR count). The van der Waals surface area contributed by atoms with Gasteiger partial charge in [0.05, 0.1) is 16.8 Å². The molecule has 0 spiro atoms. The Hall–Kier alpha value is -3.37. The molecule has 2 aliphatic rings. The van der Waals surface area contributed by atoms with Gasteiger partial charge in [0.15, 0.2) is 5.82 Å². The molecule has 2 aromatic carbocycles. The normalized spacial score (nSPS) is 16.7. The van der Waals surface area contributed by atoms with Crippen molar-refractivity contribution in [3.63, 3.8) is 0 Å². The van der Waals surface area contributed by atoms with Crippen molar-refractivity contribution in [2.45, 2.75) is 37.6 Å². The molecule has 1 fully saturated rings. The minimum atomic E-state index is -3.78. The lowest BCUT2D eigenvalue weighted by molar-refractivity contribution is -0.132. The molecule has 11 heteroatoms. The molecule has 0 radical (unpaired) electrons. The molecular weight excluding hydrogens is 524 g/mol. The topological polar surface area (TPSA) is 98.7 Å². The fourth-order valence-electron chi connectivity index (χ4n) is 5.13. The average molecular weight is 555 g/mol. The highest BCUT2D eigenvalue weighted by Gasteiger charge is 2.31. The summed E-state index contributed by atoms with van der Waals surface area (Å²) in [6.45, 7) is 7.14. The Balaban J connectivity index is 1.19. The number of amides is 1. The molecule has 38 heavy (non-hydrogen) atoms. The third-order valence-corrected chi connectivity index (χ3v) is 8.72. The molecule has 200 valence electrons. The zero-order chi connectivity index (χ0) is 26.9. The van der Waals surface area contributed by atoms with Crippen LogP contribution in [0.5, 0.6) is 0 Å². The van der Waals surface area contributed by atoms with Crippen molar-refractivity contribution in [2.24, 2.45) is 0 Å². The molecule has 9 nitrogen and oxygen atoms in total. The lowest BCUT2D eigenvalue weighted by Gasteiger charge is -2.41. The maximum absolute atomic E-state index is 13.4. The molecule has 0 unspecified atom stereocenters. The molecule has 1 atom stereocenters. The van der Waals surface area contributed by atoms with E-state index < -0.39 is 10.0 Å². The second-order valence-electron chi connectivity index (χ2n) is 9.70. The van der Waals surface area contributed by atoms with Gasteiger partial charge in [0.25, 0.3) is 10.0 Å². The summed E-state index contributed by atoms with van der Waals surface area (Å²) in [4.78, 5) is 28.0. The number of rotatable bonds is 6. The summed E-state index contributed by atoms with van der Waals surface area (Å²) in [5.74, 6) is 0.306. The van der Waals surface area contributed by atoms with Crippen molar-refractivity contribution in [1.82, 2.24) is 14.9 Å². The number of carbonyl (C=O) groups excluding carboxylic acids is 1. The van der Waals surface area contributed by atoms with Crippen LogP contribution in [0.25, 0.3) is 0 Å². The molecule has 1 saturated heterocycles. The van der Waals surface area contributed by atoms with Crippen LogP contribution < -0.4 is 14.5 Å². The van der Waals surface area contributed by atoms with E-state index in [1.807, 2.05) is 30.0 Å². The van der Waals surface area contributed by atoms with Gasteiger partial charge in [-0.05, 0) is 74.7 Å². The van der Waals surface area contributed by atoms with Gasteiger partial charge in [-0.3, -0.25) is 14.5 Å². The number of aromatic nitrogens is 2. The predicted molar refractivity (Wildman–Crippen MR) is 149 cm³/mol. The number of nitrogens with zero attached hydrogens (tertiary/aromatic N) is 5. The summed E-state index contributed by atoms with van der Waals surface area (Å²) in [7, 11) is -3.78. The minimum Gasteiger partial charge on any atom is -0.368 e. The minimum absolute atomic E-state index is 0.124. The smallest absolute Gasteiger partial charge is 0.263 e. The van der Waals surface area contributed by atoms with Gasteiger partial charge in [0.2, 0.25) is 5.91 Å². The van der Waals surface area contributed by atoms with E-state index in [0.717, 1.165) is 35.8 Å². The third-order valence-electron chi connectivity index (χ3n) is 7.12. The highest BCUT2D eigenvalue weighted by Crippen LogP contribution is 2.31. The highest BCUT2D eigenvalue weighted by atomic mass is 35.5. The van der Waals surface area contributed by atoms with Crippen molar-refractivity contribution in [2.75, 3.05) is 47.2 Å². The number of hydrogen-bond acceptors (Lipinski definition) is 7. The van der Waals surface area contributed by atoms with Crippen molar-refractivity contribution in [3.8, 4) is 0 Å². The summed E-state index contributed by atoms with van der Waals surface area (Å²) in [5, 5.41) is 0.725. The first kappa shape index (κ1) is 26.2. The number of fused-ring (bicyclic) bond motifs is 1. The molecule has 0 saturated carbocycles. The van der Waals surface area contributed by atoms with Gasteiger partial charge in [0, 0.05) is 55.3 Å². The van der Waals surface area contributed by atoms with E-state index in [9.17, 15) is 13.2 Å². The van der Waals surface area contributed by atoms with Crippen molar-refractivity contribution in [3.05, 3.63) is 71.1 Å². The van der Waals surface area contributed by atoms with Crippen LogP contribution in [0.4, 0.5) is 17.2 Å². The number of anilines is 3. The van der Waals surface area contributed by atoms with Crippen LogP contribution >= 0.6 is 11.6 Å². The molecule has 3 aromatic rings. The maximum atomic E-state index is 13.4. The summed E-state index contributed by atoms with van der Waals surface area (Å²) >= 11 is 6.19. The monoisotopic (exact) mass is 554 g/mol. The molecule has 1 amide bonds. The third kappa shape index (κ3) is 5.56. The van der Waals surface area contributed by atoms with Crippen LogP contribution in [0.1, 0.15) is 24.6 Å². The van der Waals surface area contributed by atoms with E-state index in [2.05, 4.69) is 24.5 Å². The molecular formula is C27H31ClN6O3S. The number of nitrogens with one attached hydrogen (secondary N) is 1. The Morgan fingerprint density at radius 3 is 2.47 bits per heavy atom. The zero-order valence-corrected chi connectivity index (χ0v) is 23.0. The van der Waals surface area contributed by atoms with E-state index in [1.165, 1.54) is 11.8 Å². The number of sulfonamides is 1. The number of aryl methyl sites for hydroxylation is 2. The lowest BCUT2D eigenvalue weighted by atomic mass is 10.00. The molecule has 0 bridgehead atoms. The van der Waals surface area contributed by atoms with Crippen LogP contribution in [0.2, 0.25) is 5.02 Å². The first-order chi connectivity index (χ1) is 18.2. The van der Waals surface area contributed by atoms with Gasteiger partial charge in [-0.1, -0.05) is 11.6 Å². The summed E-state index contributed by atoms with van der Waals surface area (Å²) in [5.41, 5.74) is 3.83. The van der Waals surface area contributed by atoms with E-state index in [4.69, 9.17) is 11.6 Å². The predicted octanol–water partition coefficient (Wildman–Crippen LogP) is 3.73. The van der Waals surface area contributed by atoms with Crippen LogP contribution in [-0.4, -0.2) is 68.0 Å². The summed E-state index contributed by atoms with van der Waals surface area (Å²) in [6, 6.07) is 12.4. The van der Waals surface area contributed by atoms with Crippen molar-refractivity contribution in [1.29, 1.82) is 0 Å². The van der Waals surface area contributed by atoms with Gasteiger partial charge < -0.3 is 14.7 Å². The number of halogens is 1. The second kappa shape index (κ2) is 10.8. The summed E-state index contributed by atoms with van der Waals surface area (Å²) < 4.78 is 28.0. The Morgan fingerprint density at radius 1 is 1.03 bits per heavy atom. The Labute approximate surface area is 228 Å². The van der Waals surface area contributed by atoms with Crippen LogP contribution in [0, 0.1) is 6.92 Å². The molecule has 1 N–H and O–H groups in total. The molecule has 0 aliphatic carbocycles. The fourth-order valence-corrected chi connectivity index (χ4v) is 6.31. The average Bonchev–Trinajstić information content (AvgIpc) is 2.91. The summed E-state index contributed by atoms with van der Waals surface area (Å²) in [6.07, 6.45) is 4.91. The second-order valence-corrected chi connectivity index (χ2v) is 11.8. The van der Waals surface area contributed by atoms with E-state index in [1.54, 1.807) is 37.4 Å². The maximum Gasteiger partial charge on any atom is 0.263 e. The van der Waals surface area contributed by atoms with Gasteiger partial charge in [-0.25, -0.2) is 13.4 Å². The Bertz CT molecular complexity index is 1420. The van der Waals surface area contributed by atoms with E-state index >= 15 is 0 Å². The first-order valence-electron chi connectivity index (χ1n) is 12.7. The number of benzene rings is 2.